The van der Waals surface area contributed by atoms with Crippen LogP contribution in [0.1, 0.15) is 51.7 Å². The zero-order valence-corrected chi connectivity index (χ0v) is 29.9. The minimum atomic E-state index is -0.643. The smallest absolute Gasteiger partial charge is 0.306 e. The van der Waals surface area contributed by atoms with E-state index >= 15 is 0 Å². The van der Waals surface area contributed by atoms with Gasteiger partial charge in [0.25, 0.3) is 0 Å². The zero-order valence-electron chi connectivity index (χ0n) is 29.9. The highest BCUT2D eigenvalue weighted by molar-refractivity contribution is 6.39. The maximum absolute atomic E-state index is 13.2. The van der Waals surface area contributed by atoms with Crippen molar-refractivity contribution < 1.29 is 52.6 Å². The highest BCUT2D eigenvalue weighted by Crippen LogP contribution is 2.39. The molecule has 0 fully saturated rings. The molecule has 0 spiro atoms. The van der Waals surface area contributed by atoms with E-state index < -0.39 is 23.5 Å². The highest BCUT2D eigenvalue weighted by atomic mass is 16.6. The number of nitrogens with zero attached hydrogens (tertiary/aromatic N) is 2. The molecular formula is C39H44N2O10. The molecule has 0 radical (unpaired) electrons. The topological polar surface area (TPSA) is 152 Å². The summed E-state index contributed by atoms with van der Waals surface area (Å²) in [7, 11) is 1.28. The number of aryl methyl sites for hydroxylation is 1. The number of hydrogen-bond donors (Lipinski definition) is 0. The lowest BCUT2D eigenvalue weighted by Crippen LogP contribution is -2.32. The summed E-state index contributed by atoms with van der Waals surface area (Å²) in [6.07, 6.45) is 8.82. The monoisotopic (exact) mass is 700 g/mol. The molecule has 0 atom stereocenters. The van der Waals surface area contributed by atoms with Crippen molar-refractivity contribution in [2.24, 2.45) is 0 Å². The van der Waals surface area contributed by atoms with Gasteiger partial charge in [-0.15, -0.1) is 0 Å². The van der Waals surface area contributed by atoms with Crippen molar-refractivity contribution in [2.75, 3.05) is 51.5 Å². The highest BCUT2D eigenvalue weighted by Gasteiger charge is 2.32. The molecule has 0 saturated carbocycles. The van der Waals surface area contributed by atoms with Crippen molar-refractivity contribution >= 4 is 46.3 Å². The van der Waals surface area contributed by atoms with Gasteiger partial charge < -0.3 is 29.0 Å². The fraction of sp³-hybridized carbons (Fsp3) is 0.385. The number of carbonyl (C=O) groups is 5. The van der Waals surface area contributed by atoms with Gasteiger partial charge in [-0.3, -0.25) is 24.0 Å². The second-order valence-corrected chi connectivity index (χ2v) is 12.2. The second kappa shape index (κ2) is 17.4. The number of methoxy groups -OCH3 is 1. The van der Waals surface area contributed by atoms with Crippen LogP contribution in [0.4, 0.5) is 5.69 Å². The minimum absolute atomic E-state index is 0.0458. The Balaban J connectivity index is 1.25. The number of rotatable bonds is 16. The fourth-order valence-corrected chi connectivity index (χ4v) is 5.83. The van der Waals surface area contributed by atoms with Gasteiger partial charge in [0.2, 0.25) is 11.6 Å². The summed E-state index contributed by atoms with van der Waals surface area (Å²) < 4.78 is 22.4. The van der Waals surface area contributed by atoms with E-state index in [0.717, 1.165) is 42.2 Å². The lowest BCUT2D eigenvalue weighted by Gasteiger charge is -2.33. The van der Waals surface area contributed by atoms with Crippen LogP contribution in [0, 0.1) is 6.92 Å². The molecule has 3 aliphatic carbocycles. The predicted molar refractivity (Wildman–Crippen MR) is 188 cm³/mol. The van der Waals surface area contributed by atoms with Crippen LogP contribution in [0.2, 0.25) is 0 Å². The first-order valence-electron chi connectivity index (χ1n) is 17.0. The molecule has 1 aromatic rings. The van der Waals surface area contributed by atoms with Gasteiger partial charge in [0, 0.05) is 54.2 Å². The van der Waals surface area contributed by atoms with Gasteiger partial charge >= 0.3 is 11.9 Å². The summed E-state index contributed by atoms with van der Waals surface area (Å²) in [5, 5.41) is 13.2. The molecule has 0 heterocycles. The molecule has 3 aliphatic rings. The van der Waals surface area contributed by atoms with E-state index in [1.54, 1.807) is 12.2 Å². The molecule has 0 N–H and O–H groups in total. The minimum Gasteiger partial charge on any atom is -0.871 e. The van der Waals surface area contributed by atoms with Crippen LogP contribution >= 0.6 is 0 Å². The van der Waals surface area contributed by atoms with Crippen molar-refractivity contribution in [3.05, 3.63) is 94.2 Å². The summed E-state index contributed by atoms with van der Waals surface area (Å²) in [5.74, 6) is -3.04. The van der Waals surface area contributed by atoms with E-state index in [-0.39, 0.29) is 72.9 Å². The van der Waals surface area contributed by atoms with Crippen molar-refractivity contribution in [1.82, 2.24) is 0 Å². The Labute approximate surface area is 297 Å². The van der Waals surface area contributed by atoms with Gasteiger partial charge in [0.05, 0.1) is 20.0 Å². The van der Waals surface area contributed by atoms with Crippen molar-refractivity contribution in [3.8, 4) is 0 Å². The van der Waals surface area contributed by atoms with Crippen LogP contribution in [-0.4, -0.2) is 92.2 Å². The summed E-state index contributed by atoms with van der Waals surface area (Å²) in [4.78, 5) is 63.5. The van der Waals surface area contributed by atoms with Crippen molar-refractivity contribution in [1.29, 1.82) is 0 Å². The van der Waals surface area contributed by atoms with Crippen LogP contribution in [0.3, 0.4) is 0 Å². The average Bonchev–Trinajstić information content (AvgIpc) is 3.10. The zero-order chi connectivity index (χ0) is 37.2. The summed E-state index contributed by atoms with van der Waals surface area (Å²) in [6, 6.07) is 5.86. The Morgan fingerprint density at radius 1 is 0.843 bits per heavy atom. The van der Waals surface area contributed by atoms with Gasteiger partial charge in [0.15, 0.2) is 29.6 Å². The number of hydrogen-bond acceptors (Lipinski definition) is 11. The number of benzene rings is 1. The maximum Gasteiger partial charge on any atom is 0.306 e. The SMILES string of the molecule is CCN(CC)c1ccc(C2=C([O-])C(=C3C=CC(=[N+](CCOC(=O)CCC(=O)OCCOC4=CC(=O)C(OC)=CC4=O)C(C)C)C=C3)C2=O)c(C)c1. The van der Waals surface area contributed by atoms with E-state index in [1.165, 1.54) is 7.11 Å². The summed E-state index contributed by atoms with van der Waals surface area (Å²) in [6.45, 7) is 11.9. The van der Waals surface area contributed by atoms with Crippen LogP contribution in [0.5, 0.6) is 0 Å². The van der Waals surface area contributed by atoms with Gasteiger partial charge in [-0.05, 0) is 75.6 Å². The number of carbonyl (C=O) groups excluding carboxylic acids is 5. The lowest BCUT2D eigenvalue weighted by atomic mass is 9.79. The molecule has 0 unspecified atom stereocenters. The van der Waals surface area contributed by atoms with Gasteiger partial charge in [-0.1, -0.05) is 11.8 Å². The first-order chi connectivity index (χ1) is 24.4. The third-order valence-electron chi connectivity index (χ3n) is 8.59. The molecule has 1 aromatic carbocycles. The predicted octanol–water partition coefficient (Wildman–Crippen LogP) is 3.23. The van der Waals surface area contributed by atoms with Gasteiger partial charge in [-0.25, -0.2) is 4.58 Å². The van der Waals surface area contributed by atoms with E-state index in [2.05, 4.69) is 18.7 Å². The number of esters is 2. The summed E-state index contributed by atoms with van der Waals surface area (Å²) >= 11 is 0. The second-order valence-electron chi connectivity index (χ2n) is 12.2. The van der Waals surface area contributed by atoms with Crippen LogP contribution < -0.4 is 10.0 Å². The number of ether oxygens (including phenoxy) is 4. The molecule has 270 valence electrons. The van der Waals surface area contributed by atoms with E-state index in [0.29, 0.717) is 17.7 Å². The maximum atomic E-state index is 13.2. The Morgan fingerprint density at radius 3 is 2.02 bits per heavy atom. The fourth-order valence-electron chi connectivity index (χ4n) is 5.83. The molecule has 0 saturated heterocycles. The van der Waals surface area contributed by atoms with Crippen molar-refractivity contribution in [2.45, 2.75) is 53.5 Å². The molecule has 12 heteroatoms. The summed E-state index contributed by atoms with van der Waals surface area (Å²) in [5.41, 5.74) is 4.37. The van der Waals surface area contributed by atoms with E-state index in [1.807, 2.05) is 55.7 Å². The normalized spacial score (nSPS) is 15.5. The van der Waals surface area contributed by atoms with Crippen LogP contribution in [0.25, 0.3) is 5.57 Å². The molecule has 4 rings (SSSR count). The molecule has 12 nitrogen and oxygen atoms in total. The number of Topliss-reactive ketones (excluding diaryl/α,β-unsaturated/α-hetero) is 1. The standard InChI is InChI=1S/C39H44N2O10/c1-7-40(8-2)28-13-14-29(25(5)21-28)37-38(46)36(39(37)47)26-9-11-27(12-10-26)41(24(3)4)17-18-50-34(44)15-16-35(45)51-20-19-49-33-23-30(42)32(48-6)22-31(33)43/h9-14,21-24H,7-8,15-20H2,1-6H3. The van der Waals surface area contributed by atoms with E-state index in [4.69, 9.17) is 18.9 Å². The van der Waals surface area contributed by atoms with Gasteiger partial charge in [0.1, 0.15) is 25.9 Å². The molecule has 0 aromatic heterocycles. The average molecular weight is 701 g/mol. The molecule has 0 bridgehead atoms. The molecule has 0 amide bonds. The van der Waals surface area contributed by atoms with Gasteiger partial charge in [-0.2, -0.15) is 0 Å². The number of allylic oxidation sites excluding steroid dienone is 9. The van der Waals surface area contributed by atoms with Crippen LogP contribution in [-0.2, 0) is 42.9 Å². The Hall–Kier alpha value is -5.52. The first-order valence-corrected chi connectivity index (χ1v) is 17.0. The van der Waals surface area contributed by atoms with Crippen molar-refractivity contribution in [3.63, 3.8) is 0 Å². The number of anilines is 1. The third kappa shape index (κ3) is 9.19. The molecular weight excluding hydrogens is 656 g/mol. The lowest BCUT2D eigenvalue weighted by molar-refractivity contribution is -0.558. The molecule has 0 aliphatic heterocycles. The van der Waals surface area contributed by atoms with E-state index in [9.17, 15) is 29.1 Å². The quantitative estimate of drug-likeness (QED) is 0.0822. The first kappa shape index (κ1) is 38.3. The third-order valence-corrected chi connectivity index (χ3v) is 8.59. The number of ketones is 3. The van der Waals surface area contributed by atoms with Crippen LogP contribution in [0.15, 0.2) is 83.1 Å². The Kier molecular flexibility index (Phi) is 13.1. The Bertz CT molecular complexity index is 1800. The molecule has 51 heavy (non-hydrogen) atoms. The Morgan fingerprint density at radius 2 is 1.45 bits per heavy atom. The largest absolute Gasteiger partial charge is 0.871 e.